The minimum atomic E-state index is -4.14. The van der Waals surface area contributed by atoms with Crippen LogP contribution >= 0.6 is 0 Å². The molecule has 1 saturated heterocycles. The van der Waals surface area contributed by atoms with E-state index in [2.05, 4.69) is 0 Å². The van der Waals surface area contributed by atoms with Crippen LogP contribution in [0.4, 0.5) is 13.2 Å². The Labute approximate surface area is 79.5 Å². The molecule has 82 valence electrons. The quantitative estimate of drug-likeness (QED) is 0.765. The molecule has 0 saturated carbocycles. The van der Waals surface area contributed by atoms with E-state index in [1.165, 1.54) is 0 Å². The summed E-state index contributed by atoms with van der Waals surface area (Å²) < 4.78 is 36.6. The van der Waals surface area contributed by atoms with Crippen LogP contribution in [0.1, 0.15) is 12.8 Å². The molecule has 0 aromatic rings. The van der Waals surface area contributed by atoms with E-state index < -0.39 is 18.1 Å². The number of carboxylic acids is 1. The van der Waals surface area contributed by atoms with Crippen molar-refractivity contribution in [2.45, 2.75) is 19.0 Å². The van der Waals surface area contributed by atoms with Crippen LogP contribution in [0.2, 0.25) is 0 Å². The number of hydrogen-bond acceptors (Lipinski definition) is 2. The first-order valence-electron chi connectivity index (χ1n) is 4.40. The van der Waals surface area contributed by atoms with Gasteiger partial charge in [0.15, 0.2) is 0 Å². The van der Waals surface area contributed by atoms with E-state index in [4.69, 9.17) is 5.11 Å². The van der Waals surface area contributed by atoms with Gasteiger partial charge >= 0.3 is 12.1 Å². The van der Waals surface area contributed by atoms with Gasteiger partial charge in [0.25, 0.3) is 0 Å². The standard InChI is InChI=1S/C8H12F3NO2/c9-8(10,11)6-1-3-12(5-6)4-2-7(13)14/h6H,1-5H2,(H,13,14). The molecule has 1 aliphatic heterocycles. The molecule has 0 radical (unpaired) electrons. The number of aliphatic carboxylic acids is 1. The first-order valence-corrected chi connectivity index (χ1v) is 4.40. The largest absolute Gasteiger partial charge is 0.481 e. The third kappa shape index (κ3) is 3.17. The maximum atomic E-state index is 12.2. The van der Waals surface area contributed by atoms with Crippen molar-refractivity contribution in [1.82, 2.24) is 4.90 Å². The Hall–Kier alpha value is -0.780. The van der Waals surface area contributed by atoms with Gasteiger partial charge in [-0.15, -0.1) is 0 Å². The summed E-state index contributed by atoms with van der Waals surface area (Å²) in [5, 5.41) is 8.35. The summed E-state index contributed by atoms with van der Waals surface area (Å²) >= 11 is 0. The smallest absolute Gasteiger partial charge is 0.393 e. The predicted octanol–water partition coefficient (Wildman–Crippen LogP) is 1.35. The van der Waals surface area contributed by atoms with Gasteiger partial charge < -0.3 is 10.0 Å². The fraction of sp³-hybridized carbons (Fsp3) is 0.875. The topological polar surface area (TPSA) is 40.5 Å². The van der Waals surface area contributed by atoms with Crippen LogP contribution in [-0.4, -0.2) is 41.8 Å². The molecule has 0 amide bonds. The lowest BCUT2D eigenvalue weighted by atomic mass is 10.1. The summed E-state index contributed by atoms with van der Waals surface area (Å²) in [6.07, 6.45) is -4.15. The Morgan fingerprint density at radius 1 is 1.50 bits per heavy atom. The van der Waals surface area contributed by atoms with Crippen LogP contribution in [0, 0.1) is 5.92 Å². The van der Waals surface area contributed by atoms with Crippen molar-refractivity contribution < 1.29 is 23.1 Å². The molecule has 0 bridgehead atoms. The molecular formula is C8H12F3NO2. The lowest BCUT2D eigenvalue weighted by molar-refractivity contribution is -0.170. The summed E-state index contributed by atoms with van der Waals surface area (Å²) in [4.78, 5) is 11.7. The van der Waals surface area contributed by atoms with Crippen molar-refractivity contribution >= 4 is 5.97 Å². The molecule has 6 heteroatoms. The summed E-state index contributed by atoms with van der Waals surface area (Å²) in [7, 11) is 0. The number of nitrogens with zero attached hydrogens (tertiary/aromatic N) is 1. The van der Waals surface area contributed by atoms with E-state index in [-0.39, 0.29) is 25.9 Å². The molecular weight excluding hydrogens is 199 g/mol. The van der Waals surface area contributed by atoms with Gasteiger partial charge in [-0.2, -0.15) is 13.2 Å². The molecule has 1 atom stereocenters. The Morgan fingerprint density at radius 2 is 2.14 bits per heavy atom. The molecule has 0 aliphatic carbocycles. The third-order valence-electron chi connectivity index (χ3n) is 2.38. The highest BCUT2D eigenvalue weighted by Crippen LogP contribution is 2.33. The minimum Gasteiger partial charge on any atom is -0.481 e. The summed E-state index contributed by atoms with van der Waals surface area (Å²) in [5.74, 6) is -2.25. The molecule has 1 N–H and O–H groups in total. The minimum absolute atomic E-state index is 0.0588. The third-order valence-corrected chi connectivity index (χ3v) is 2.38. The van der Waals surface area contributed by atoms with Gasteiger partial charge in [-0.05, 0) is 13.0 Å². The van der Waals surface area contributed by atoms with Gasteiger partial charge in [-0.25, -0.2) is 0 Å². The highest BCUT2D eigenvalue weighted by Gasteiger charge is 2.43. The van der Waals surface area contributed by atoms with Crippen molar-refractivity contribution in [2.24, 2.45) is 5.92 Å². The summed E-state index contributed by atoms with van der Waals surface area (Å²) in [5.41, 5.74) is 0. The van der Waals surface area contributed by atoms with Gasteiger partial charge in [-0.1, -0.05) is 0 Å². The van der Waals surface area contributed by atoms with Crippen LogP contribution in [0.15, 0.2) is 0 Å². The maximum absolute atomic E-state index is 12.2. The maximum Gasteiger partial charge on any atom is 0.393 e. The van der Waals surface area contributed by atoms with Gasteiger partial charge in [0.2, 0.25) is 0 Å². The van der Waals surface area contributed by atoms with Gasteiger partial charge in [0.05, 0.1) is 12.3 Å². The molecule has 3 nitrogen and oxygen atoms in total. The van der Waals surface area contributed by atoms with E-state index in [0.29, 0.717) is 6.54 Å². The second-order valence-electron chi connectivity index (χ2n) is 3.47. The number of halogens is 3. The predicted molar refractivity (Wildman–Crippen MR) is 42.9 cm³/mol. The zero-order valence-electron chi connectivity index (χ0n) is 7.55. The van der Waals surface area contributed by atoms with Crippen LogP contribution < -0.4 is 0 Å². The summed E-state index contributed by atoms with van der Waals surface area (Å²) in [6, 6.07) is 0. The van der Waals surface area contributed by atoms with Crippen molar-refractivity contribution in [3.8, 4) is 0 Å². The Morgan fingerprint density at radius 3 is 2.57 bits per heavy atom. The number of rotatable bonds is 3. The molecule has 1 fully saturated rings. The van der Waals surface area contributed by atoms with E-state index >= 15 is 0 Å². The van der Waals surface area contributed by atoms with Crippen LogP contribution in [0.3, 0.4) is 0 Å². The molecule has 1 aliphatic rings. The van der Waals surface area contributed by atoms with E-state index in [0.717, 1.165) is 0 Å². The van der Waals surface area contributed by atoms with Crippen molar-refractivity contribution in [3.05, 3.63) is 0 Å². The average molecular weight is 211 g/mol. The van der Waals surface area contributed by atoms with E-state index in [1.807, 2.05) is 0 Å². The number of carboxylic acid groups (broad SMARTS) is 1. The molecule has 14 heavy (non-hydrogen) atoms. The lowest BCUT2D eigenvalue weighted by Gasteiger charge is -2.16. The van der Waals surface area contributed by atoms with Gasteiger partial charge in [0, 0.05) is 13.1 Å². The van der Waals surface area contributed by atoms with Crippen molar-refractivity contribution in [3.63, 3.8) is 0 Å². The van der Waals surface area contributed by atoms with Gasteiger partial charge in [0.1, 0.15) is 0 Å². The number of carbonyl (C=O) groups is 1. The molecule has 0 aromatic heterocycles. The summed E-state index contributed by atoms with van der Waals surface area (Å²) in [6.45, 7) is 0.496. The second-order valence-corrected chi connectivity index (χ2v) is 3.47. The Bertz CT molecular complexity index is 217. The zero-order chi connectivity index (χ0) is 10.8. The van der Waals surface area contributed by atoms with Crippen LogP contribution in [0.5, 0.6) is 0 Å². The van der Waals surface area contributed by atoms with E-state index in [1.54, 1.807) is 4.90 Å². The molecule has 1 heterocycles. The average Bonchev–Trinajstić information content (AvgIpc) is 2.47. The monoisotopic (exact) mass is 211 g/mol. The van der Waals surface area contributed by atoms with Crippen LogP contribution in [-0.2, 0) is 4.79 Å². The zero-order valence-corrected chi connectivity index (χ0v) is 7.55. The van der Waals surface area contributed by atoms with Crippen molar-refractivity contribution in [2.75, 3.05) is 19.6 Å². The molecule has 0 spiro atoms. The number of hydrogen-bond donors (Lipinski definition) is 1. The van der Waals surface area contributed by atoms with E-state index in [9.17, 15) is 18.0 Å². The van der Waals surface area contributed by atoms with Crippen LogP contribution in [0.25, 0.3) is 0 Å². The molecule has 1 unspecified atom stereocenters. The Balaban J connectivity index is 2.31. The number of likely N-dealkylation sites (tertiary alicyclic amines) is 1. The first-order chi connectivity index (χ1) is 6.39. The second kappa shape index (κ2) is 4.16. The molecule has 0 aromatic carbocycles. The van der Waals surface area contributed by atoms with Crippen molar-refractivity contribution in [1.29, 1.82) is 0 Å². The fourth-order valence-corrected chi connectivity index (χ4v) is 1.56. The normalized spacial score (nSPS) is 24.1. The highest BCUT2D eigenvalue weighted by molar-refractivity contribution is 5.66. The number of alkyl halides is 3. The first kappa shape index (κ1) is 11.3. The fourth-order valence-electron chi connectivity index (χ4n) is 1.56. The highest BCUT2D eigenvalue weighted by atomic mass is 19.4. The lowest BCUT2D eigenvalue weighted by Crippen LogP contribution is -2.28. The van der Waals surface area contributed by atoms with Gasteiger partial charge in [-0.3, -0.25) is 4.79 Å². The molecule has 1 rings (SSSR count). The SMILES string of the molecule is O=C(O)CCN1CCC(C(F)(F)F)C1. The Kier molecular flexibility index (Phi) is 3.36.